The van der Waals surface area contributed by atoms with Gasteiger partial charge in [-0.05, 0) is 73.0 Å². The van der Waals surface area contributed by atoms with Crippen LogP contribution in [0.3, 0.4) is 0 Å². The van der Waals surface area contributed by atoms with Gasteiger partial charge in [0.2, 0.25) is 5.82 Å². The van der Waals surface area contributed by atoms with Gasteiger partial charge in [-0.2, -0.15) is 0 Å². The number of hydrogen-bond donors (Lipinski definition) is 1. The summed E-state index contributed by atoms with van der Waals surface area (Å²) in [6, 6.07) is 10.7. The van der Waals surface area contributed by atoms with E-state index >= 15 is 0 Å². The van der Waals surface area contributed by atoms with E-state index in [0.717, 1.165) is 0 Å². The Balaban J connectivity index is 1.78. The molecule has 0 bridgehead atoms. The molecular weight excluding hydrogens is 405 g/mol. The van der Waals surface area contributed by atoms with Gasteiger partial charge >= 0.3 is 0 Å². The van der Waals surface area contributed by atoms with Crippen molar-refractivity contribution in [3.8, 4) is 28.5 Å². The summed E-state index contributed by atoms with van der Waals surface area (Å²) in [5.74, 6) is 0.874. The molecular formula is C22H24FN3O5. The van der Waals surface area contributed by atoms with E-state index in [-0.39, 0.29) is 11.6 Å². The summed E-state index contributed by atoms with van der Waals surface area (Å²) < 4.78 is 34.8. The number of halogens is 1. The molecule has 0 saturated carbocycles. The van der Waals surface area contributed by atoms with Gasteiger partial charge in [-0.1, -0.05) is 6.92 Å². The Bertz CT molecular complexity index is 1010. The number of anilines is 1. The van der Waals surface area contributed by atoms with E-state index in [1.54, 1.807) is 25.1 Å². The number of carbonyl (C=O) groups is 1. The molecule has 0 aliphatic heterocycles. The number of carbonyl (C=O) groups excluding carboxylic acids is 1. The van der Waals surface area contributed by atoms with Crippen molar-refractivity contribution in [2.75, 3.05) is 18.5 Å². The maximum atomic E-state index is 13.1. The van der Waals surface area contributed by atoms with E-state index in [1.165, 1.54) is 24.3 Å². The Labute approximate surface area is 179 Å². The molecule has 1 aromatic heterocycles. The maximum absolute atomic E-state index is 13.1. The minimum atomic E-state index is -0.811. The minimum Gasteiger partial charge on any atom is -0.490 e. The zero-order chi connectivity index (χ0) is 22.2. The van der Waals surface area contributed by atoms with E-state index in [0.29, 0.717) is 48.1 Å². The quantitative estimate of drug-likeness (QED) is 0.508. The maximum Gasteiger partial charge on any atom is 0.266 e. The molecule has 1 amide bonds. The largest absolute Gasteiger partial charge is 0.490 e. The predicted molar refractivity (Wildman–Crippen MR) is 112 cm³/mol. The van der Waals surface area contributed by atoms with Crippen LogP contribution in [-0.4, -0.2) is 35.5 Å². The van der Waals surface area contributed by atoms with Gasteiger partial charge in [-0.15, -0.1) is 0 Å². The number of nitrogens with one attached hydrogen (secondary N) is 1. The van der Waals surface area contributed by atoms with Crippen LogP contribution in [0.25, 0.3) is 11.3 Å². The van der Waals surface area contributed by atoms with E-state index in [1.807, 2.05) is 13.8 Å². The molecule has 1 heterocycles. The van der Waals surface area contributed by atoms with Crippen molar-refractivity contribution in [1.29, 1.82) is 0 Å². The number of ether oxygens (including phenoxy) is 3. The molecule has 1 atom stereocenters. The normalized spacial score (nSPS) is 11.6. The lowest BCUT2D eigenvalue weighted by Crippen LogP contribution is -2.32. The van der Waals surface area contributed by atoms with Crippen LogP contribution in [-0.2, 0) is 4.79 Å². The molecule has 0 saturated heterocycles. The van der Waals surface area contributed by atoms with Crippen LogP contribution >= 0.6 is 0 Å². The highest BCUT2D eigenvalue weighted by Crippen LogP contribution is 2.34. The Morgan fingerprint density at radius 2 is 1.74 bits per heavy atom. The second-order valence-corrected chi connectivity index (χ2v) is 6.45. The molecule has 31 heavy (non-hydrogen) atoms. The van der Waals surface area contributed by atoms with E-state index in [9.17, 15) is 9.18 Å². The Hall–Kier alpha value is -3.62. The molecule has 0 spiro atoms. The third-order valence-corrected chi connectivity index (χ3v) is 4.30. The lowest BCUT2D eigenvalue weighted by molar-refractivity contribution is -0.122. The number of aromatic nitrogens is 2. The van der Waals surface area contributed by atoms with Crippen molar-refractivity contribution < 1.29 is 28.0 Å². The fourth-order valence-electron chi connectivity index (χ4n) is 2.86. The van der Waals surface area contributed by atoms with Crippen molar-refractivity contribution in [3.63, 3.8) is 0 Å². The molecule has 3 aromatic rings. The molecule has 3 rings (SSSR count). The lowest BCUT2D eigenvalue weighted by atomic mass is 10.1. The first-order chi connectivity index (χ1) is 15.0. The van der Waals surface area contributed by atoms with Crippen LogP contribution in [0.2, 0.25) is 0 Å². The summed E-state index contributed by atoms with van der Waals surface area (Å²) >= 11 is 0. The summed E-state index contributed by atoms with van der Waals surface area (Å²) in [5, 5.41) is 10.4. The van der Waals surface area contributed by atoms with Crippen LogP contribution in [0.15, 0.2) is 47.1 Å². The molecule has 2 aromatic carbocycles. The Kier molecular flexibility index (Phi) is 7.42. The Morgan fingerprint density at radius 1 is 1.03 bits per heavy atom. The lowest BCUT2D eigenvalue weighted by Gasteiger charge is -2.16. The highest BCUT2D eigenvalue weighted by molar-refractivity contribution is 5.96. The van der Waals surface area contributed by atoms with Gasteiger partial charge in [0.05, 0.1) is 13.2 Å². The van der Waals surface area contributed by atoms with Gasteiger partial charge in [0.25, 0.3) is 5.91 Å². The molecule has 0 fully saturated rings. The van der Waals surface area contributed by atoms with E-state index < -0.39 is 12.0 Å². The molecule has 1 N–H and O–H groups in total. The predicted octanol–water partition coefficient (Wildman–Crippen LogP) is 4.47. The summed E-state index contributed by atoms with van der Waals surface area (Å²) in [5.41, 5.74) is 0.977. The third kappa shape index (κ3) is 5.50. The molecule has 0 aliphatic carbocycles. The van der Waals surface area contributed by atoms with Crippen LogP contribution in [0, 0.1) is 5.82 Å². The smallest absolute Gasteiger partial charge is 0.266 e. The van der Waals surface area contributed by atoms with Crippen LogP contribution < -0.4 is 19.5 Å². The average Bonchev–Trinajstić information content (AvgIpc) is 3.23. The molecule has 1 unspecified atom stereocenters. The van der Waals surface area contributed by atoms with Gasteiger partial charge in [-0.25, -0.2) is 9.02 Å². The zero-order valence-corrected chi connectivity index (χ0v) is 17.6. The van der Waals surface area contributed by atoms with Crippen molar-refractivity contribution in [1.82, 2.24) is 10.3 Å². The Morgan fingerprint density at radius 3 is 2.42 bits per heavy atom. The molecule has 9 heteroatoms. The topological polar surface area (TPSA) is 95.7 Å². The average molecular weight is 429 g/mol. The number of hydrogen-bond acceptors (Lipinski definition) is 7. The van der Waals surface area contributed by atoms with Crippen LogP contribution in [0.1, 0.15) is 27.2 Å². The molecule has 164 valence electrons. The van der Waals surface area contributed by atoms with Crippen LogP contribution in [0.4, 0.5) is 10.2 Å². The molecule has 8 nitrogen and oxygen atoms in total. The first kappa shape index (κ1) is 22.1. The highest BCUT2D eigenvalue weighted by Gasteiger charge is 2.23. The number of rotatable bonds is 10. The van der Waals surface area contributed by atoms with E-state index in [4.69, 9.17) is 18.8 Å². The highest BCUT2D eigenvalue weighted by atomic mass is 19.1. The summed E-state index contributed by atoms with van der Waals surface area (Å²) in [4.78, 5) is 12.7. The van der Waals surface area contributed by atoms with Crippen molar-refractivity contribution in [3.05, 3.63) is 48.3 Å². The summed E-state index contributed by atoms with van der Waals surface area (Å²) in [6.07, 6.45) is -0.421. The number of benzene rings is 2. The second kappa shape index (κ2) is 10.4. The minimum absolute atomic E-state index is 0.151. The summed E-state index contributed by atoms with van der Waals surface area (Å²) in [7, 11) is 0. The molecule has 0 aliphatic rings. The van der Waals surface area contributed by atoms with E-state index in [2.05, 4.69) is 15.6 Å². The number of nitrogens with zero attached hydrogens (tertiary/aromatic N) is 2. The first-order valence-electron chi connectivity index (χ1n) is 10.0. The SMILES string of the molecule is CCOc1ccc(-c2nonc2NC(=O)C(CC)Oc2ccc(F)cc2)cc1OCC. The molecule has 0 radical (unpaired) electrons. The first-order valence-corrected chi connectivity index (χ1v) is 10.0. The van der Waals surface area contributed by atoms with Gasteiger partial charge in [0.1, 0.15) is 11.6 Å². The fourth-order valence-corrected chi connectivity index (χ4v) is 2.86. The van der Waals surface area contributed by atoms with Gasteiger partial charge in [0, 0.05) is 5.56 Å². The second-order valence-electron chi connectivity index (χ2n) is 6.45. The van der Waals surface area contributed by atoms with Crippen molar-refractivity contribution >= 4 is 11.7 Å². The van der Waals surface area contributed by atoms with Crippen molar-refractivity contribution in [2.24, 2.45) is 0 Å². The monoisotopic (exact) mass is 429 g/mol. The zero-order valence-electron chi connectivity index (χ0n) is 17.6. The standard InChI is InChI=1S/C22H24FN3O5/c1-4-17(30-16-10-8-15(23)9-11-16)22(27)24-21-20(25-31-26-21)14-7-12-18(28-5-2)19(13-14)29-6-3/h7-13,17H,4-6H2,1-3H3,(H,24,26,27). The van der Waals surface area contributed by atoms with Gasteiger partial charge in [0.15, 0.2) is 23.3 Å². The number of amides is 1. The summed E-state index contributed by atoms with van der Waals surface area (Å²) in [6.45, 7) is 6.52. The van der Waals surface area contributed by atoms with Crippen LogP contribution in [0.5, 0.6) is 17.2 Å². The third-order valence-electron chi connectivity index (χ3n) is 4.30. The fraction of sp³-hybridized carbons (Fsp3) is 0.318. The van der Waals surface area contributed by atoms with Gasteiger partial charge in [-0.3, -0.25) is 4.79 Å². The van der Waals surface area contributed by atoms with Gasteiger partial charge < -0.3 is 19.5 Å². The van der Waals surface area contributed by atoms with Crippen molar-refractivity contribution in [2.45, 2.75) is 33.3 Å².